The van der Waals surface area contributed by atoms with Gasteiger partial charge in [-0.05, 0) is 49.9 Å². The van der Waals surface area contributed by atoms with Gasteiger partial charge in [0, 0.05) is 10.5 Å². The van der Waals surface area contributed by atoms with Gasteiger partial charge in [0.2, 0.25) is 0 Å². The summed E-state index contributed by atoms with van der Waals surface area (Å²) < 4.78 is 0. The number of hydrogen-bond donors (Lipinski definition) is 0. The Balaban J connectivity index is 1.74. The first-order valence-corrected chi connectivity index (χ1v) is 7.15. The molecule has 1 heteroatoms. The molecule has 0 radical (unpaired) electrons. The van der Waals surface area contributed by atoms with Crippen LogP contribution in [0, 0.1) is 11.3 Å². The maximum absolute atomic E-state index is 2.41. The Bertz CT molecular complexity index is 180. The van der Waals surface area contributed by atoms with E-state index in [-0.39, 0.29) is 0 Å². The lowest BCUT2D eigenvalue weighted by atomic mass is 9.72. The lowest BCUT2D eigenvalue weighted by molar-refractivity contribution is 0.182. The van der Waals surface area contributed by atoms with E-state index in [1.807, 2.05) is 0 Å². The van der Waals surface area contributed by atoms with Gasteiger partial charge in [0.05, 0.1) is 0 Å². The summed E-state index contributed by atoms with van der Waals surface area (Å²) in [6.07, 6.45) is 8.95. The zero-order valence-electron chi connectivity index (χ0n) is 9.88. The number of thioether (sulfide) groups is 1. The summed E-state index contributed by atoms with van der Waals surface area (Å²) in [7, 11) is 0. The highest BCUT2D eigenvalue weighted by Crippen LogP contribution is 2.45. The third-order valence-corrected chi connectivity index (χ3v) is 5.52. The van der Waals surface area contributed by atoms with Gasteiger partial charge in [0.15, 0.2) is 0 Å². The van der Waals surface area contributed by atoms with E-state index in [0.29, 0.717) is 5.41 Å². The molecule has 82 valence electrons. The third kappa shape index (κ3) is 2.92. The van der Waals surface area contributed by atoms with E-state index in [1.54, 1.807) is 0 Å². The Morgan fingerprint density at radius 2 is 1.21 bits per heavy atom. The second-order valence-electron chi connectivity index (χ2n) is 6.18. The third-order valence-electron chi connectivity index (χ3n) is 3.81. The van der Waals surface area contributed by atoms with Crippen molar-refractivity contribution in [1.29, 1.82) is 0 Å². The number of rotatable bonds is 2. The van der Waals surface area contributed by atoms with Crippen LogP contribution < -0.4 is 0 Å². The molecule has 0 aromatic heterocycles. The van der Waals surface area contributed by atoms with Gasteiger partial charge in [-0.3, -0.25) is 0 Å². The first-order chi connectivity index (χ1) is 6.55. The Kier molecular flexibility index (Phi) is 3.16. The number of hydrogen-bond acceptors (Lipinski definition) is 1. The normalized spacial score (nSPS) is 34.5. The van der Waals surface area contributed by atoms with Gasteiger partial charge in [-0.15, -0.1) is 0 Å². The van der Waals surface area contributed by atoms with Gasteiger partial charge < -0.3 is 0 Å². The summed E-state index contributed by atoms with van der Waals surface area (Å²) in [6, 6.07) is 0. The van der Waals surface area contributed by atoms with Crippen LogP contribution in [0.25, 0.3) is 0 Å². The van der Waals surface area contributed by atoms with Crippen molar-refractivity contribution < 1.29 is 0 Å². The molecule has 2 fully saturated rings. The largest absolute Gasteiger partial charge is 0.155 e. The molecule has 0 aromatic rings. The quantitative estimate of drug-likeness (QED) is 0.650. The van der Waals surface area contributed by atoms with Crippen molar-refractivity contribution >= 4 is 11.8 Å². The predicted octanol–water partition coefficient (Wildman–Crippen LogP) is 4.49. The highest BCUT2D eigenvalue weighted by molar-refractivity contribution is 8.00. The smallest absolute Gasteiger partial charge is 0.00506 e. The zero-order chi connectivity index (χ0) is 10.2. The monoisotopic (exact) mass is 212 g/mol. The fourth-order valence-corrected chi connectivity index (χ4v) is 4.04. The second kappa shape index (κ2) is 4.08. The topological polar surface area (TPSA) is 0 Å². The van der Waals surface area contributed by atoms with E-state index in [9.17, 15) is 0 Å². The maximum Gasteiger partial charge on any atom is 0.00506 e. The highest BCUT2D eigenvalue weighted by atomic mass is 32.2. The second-order valence-corrected chi connectivity index (χ2v) is 7.78. The summed E-state index contributed by atoms with van der Waals surface area (Å²) >= 11 is 2.30. The van der Waals surface area contributed by atoms with Crippen LogP contribution in [-0.2, 0) is 0 Å². The van der Waals surface area contributed by atoms with Crippen LogP contribution in [0.15, 0.2) is 0 Å². The average molecular weight is 212 g/mol. The standard InChI is InChI=1S/C13H24S/c1-13(2,3)10-4-6-11(7-5-10)14-12-8-9-12/h10-12H,4-9H2,1-3H3. The van der Waals surface area contributed by atoms with E-state index in [4.69, 9.17) is 0 Å². The van der Waals surface area contributed by atoms with E-state index < -0.39 is 0 Å². The molecular formula is C13H24S. The van der Waals surface area contributed by atoms with Crippen LogP contribution in [0.5, 0.6) is 0 Å². The molecule has 0 heterocycles. The Hall–Kier alpha value is 0.350. The highest BCUT2D eigenvalue weighted by Gasteiger charge is 2.32. The van der Waals surface area contributed by atoms with E-state index in [2.05, 4.69) is 32.5 Å². The summed E-state index contributed by atoms with van der Waals surface area (Å²) in [5, 5.41) is 2.08. The molecule has 0 nitrogen and oxygen atoms in total. The first kappa shape index (κ1) is 10.9. The maximum atomic E-state index is 2.41. The molecule has 0 saturated heterocycles. The van der Waals surface area contributed by atoms with E-state index >= 15 is 0 Å². The van der Waals surface area contributed by atoms with Crippen LogP contribution in [0.1, 0.15) is 59.3 Å². The summed E-state index contributed by atoms with van der Waals surface area (Å²) in [6.45, 7) is 7.23. The molecule has 2 aliphatic carbocycles. The predicted molar refractivity (Wildman–Crippen MR) is 65.8 cm³/mol. The fourth-order valence-electron chi connectivity index (χ4n) is 2.54. The molecule has 2 rings (SSSR count). The van der Waals surface area contributed by atoms with Crippen LogP contribution in [0.4, 0.5) is 0 Å². The zero-order valence-corrected chi connectivity index (χ0v) is 10.7. The summed E-state index contributed by atoms with van der Waals surface area (Å²) in [5.41, 5.74) is 0.551. The summed E-state index contributed by atoms with van der Waals surface area (Å²) in [4.78, 5) is 0. The summed E-state index contributed by atoms with van der Waals surface area (Å²) in [5.74, 6) is 0.985. The Morgan fingerprint density at radius 1 is 0.786 bits per heavy atom. The van der Waals surface area contributed by atoms with Crippen molar-refractivity contribution in [2.45, 2.75) is 69.8 Å². The van der Waals surface area contributed by atoms with Crippen molar-refractivity contribution in [2.75, 3.05) is 0 Å². The minimum atomic E-state index is 0.551. The molecule has 0 spiro atoms. The van der Waals surface area contributed by atoms with Crippen LogP contribution in [0.2, 0.25) is 0 Å². The van der Waals surface area contributed by atoms with Crippen molar-refractivity contribution in [3.63, 3.8) is 0 Å². The van der Waals surface area contributed by atoms with Crippen molar-refractivity contribution in [2.24, 2.45) is 11.3 Å². The Labute approximate surface area is 93.2 Å². The lowest BCUT2D eigenvalue weighted by Crippen LogP contribution is -2.26. The van der Waals surface area contributed by atoms with Gasteiger partial charge in [0.1, 0.15) is 0 Å². The fraction of sp³-hybridized carbons (Fsp3) is 1.00. The molecule has 0 N–H and O–H groups in total. The minimum absolute atomic E-state index is 0.551. The molecule has 0 atom stereocenters. The van der Waals surface area contributed by atoms with Gasteiger partial charge in [-0.1, -0.05) is 20.8 Å². The lowest BCUT2D eigenvalue weighted by Gasteiger charge is -2.36. The SMILES string of the molecule is CC(C)(C)C1CCC(SC2CC2)CC1. The van der Waals surface area contributed by atoms with Crippen LogP contribution >= 0.6 is 11.8 Å². The van der Waals surface area contributed by atoms with Gasteiger partial charge in [-0.2, -0.15) is 11.8 Å². The molecule has 0 amide bonds. The molecule has 14 heavy (non-hydrogen) atoms. The van der Waals surface area contributed by atoms with Crippen molar-refractivity contribution in [1.82, 2.24) is 0 Å². The van der Waals surface area contributed by atoms with Gasteiger partial charge >= 0.3 is 0 Å². The van der Waals surface area contributed by atoms with Gasteiger partial charge in [0.25, 0.3) is 0 Å². The van der Waals surface area contributed by atoms with Crippen molar-refractivity contribution in [3.05, 3.63) is 0 Å². The van der Waals surface area contributed by atoms with Crippen molar-refractivity contribution in [3.8, 4) is 0 Å². The molecule has 0 aromatic carbocycles. The van der Waals surface area contributed by atoms with Gasteiger partial charge in [-0.25, -0.2) is 0 Å². The van der Waals surface area contributed by atoms with Crippen LogP contribution in [-0.4, -0.2) is 10.5 Å². The van der Waals surface area contributed by atoms with Crippen LogP contribution in [0.3, 0.4) is 0 Å². The molecule has 0 unspecified atom stereocenters. The molecule has 2 saturated carbocycles. The molecule has 0 bridgehead atoms. The molecule has 2 aliphatic rings. The minimum Gasteiger partial charge on any atom is -0.155 e. The Morgan fingerprint density at radius 3 is 1.57 bits per heavy atom. The average Bonchev–Trinajstić information content (AvgIpc) is 2.88. The van der Waals surface area contributed by atoms with E-state index in [1.165, 1.54) is 38.5 Å². The molecular weight excluding hydrogens is 188 g/mol. The first-order valence-electron chi connectivity index (χ1n) is 6.21. The van der Waals surface area contributed by atoms with E-state index in [0.717, 1.165) is 16.4 Å². The molecule has 0 aliphatic heterocycles.